The number of nitrogens with zero attached hydrogens (tertiary/aromatic N) is 1. The molecule has 0 bridgehead atoms. The van der Waals surface area contributed by atoms with E-state index in [1.807, 2.05) is 6.07 Å². The minimum Gasteiger partial charge on any atom is -0.474 e. The van der Waals surface area contributed by atoms with Crippen LogP contribution in [0.5, 0.6) is 5.88 Å². The number of carbonyl (C=O) groups excluding carboxylic acids is 1. The molecule has 0 spiro atoms. The summed E-state index contributed by atoms with van der Waals surface area (Å²) in [5.41, 5.74) is 1.35. The first-order valence-electron chi connectivity index (χ1n) is 7.91. The van der Waals surface area contributed by atoms with Gasteiger partial charge < -0.3 is 14.8 Å². The predicted octanol–water partition coefficient (Wildman–Crippen LogP) is 4.23. The van der Waals surface area contributed by atoms with Gasteiger partial charge in [-0.1, -0.05) is 12.1 Å². The Hall–Kier alpha value is -2.77. The second-order valence-electron chi connectivity index (χ2n) is 5.32. The number of anilines is 1. The summed E-state index contributed by atoms with van der Waals surface area (Å²) in [6.07, 6.45) is 1.59. The largest absolute Gasteiger partial charge is 0.474 e. The molecule has 1 aromatic carbocycles. The molecule has 0 aliphatic carbocycles. The smallest absolute Gasteiger partial charge is 0.265 e. The molecule has 0 fully saturated rings. The average molecular weight is 372 g/mol. The van der Waals surface area contributed by atoms with Crippen molar-refractivity contribution in [2.24, 2.45) is 0 Å². The summed E-state index contributed by atoms with van der Waals surface area (Å²) in [7, 11) is 1.58. The number of nitrogens with one attached hydrogen (secondary N) is 1. The fraction of sp³-hybridized carbons (Fsp3) is 0.158. The van der Waals surface area contributed by atoms with Crippen LogP contribution in [0.1, 0.15) is 9.67 Å². The Morgan fingerprint density at radius 2 is 1.96 bits per heavy atom. The molecule has 3 aromatic rings. The quantitative estimate of drug-likeness (QED) is 0.631. The SMILES string of the molecule is COCCOc1ncccc1NC(=O)c1ccc(-c2ccc(F)cc2)s1. The summed E-state index contributed by atoms with van der Waals surface area (Å²) in [6.45, 7) is 0.764. The van der Waals surface area contributed by atoms with Crippen molar-refractivity contribution < 1.29 is 18.7 Å². The summed E-state index contributed by atoms with van der Waals surface area (Å²) < 4.78 is 23.5. The number of rotatable bonds is 7. The summed E-state index contributed by atoms with van der Waals surface area (Å²) in [5.74, 6) is -0.206. The normalized spacial score (nSPS) is 10.5. The highest BCUT2D eigenvalue weighted by Gasteiger charge is 2.14. The lowest BCUT2D eigenvalue weighted by Crippen LogP contribution is -2.13. The van der Waals surface area contributed by atoms with Gasteiger partial charge in [0.1, 0.15) is 18.1 Å². The third-order valence-corrected chi connectivity index (χ3v) is 4.64. The van der Waals surface area contributed by atoms with E-state index < -0.39 is 0 Å². The van der Waals surface area contributed by atoms with E-state index in [4.69, 9.17) is 9.47 Å². The molecule has 1 amide bonds. The number of benzene rings is 1. The summed E-state index contributed by atoms with van der Waals surface area (Å²) >= 11 is 1.33. The van der Waals surface area contributed by atoms with E-state index in [9.17, 15) is 9.18 Å². The van der Waals surface area contributed by atoms with E-state index in [-0.39, 0.29) is 11.7 Å². The van der Waals surface area contributed by atoms with Gasteiger partial charge >= 0.3 is 0 Å². The molecule has 7 heteroatoms. The zero-order valence-electron chi connectivity index (χ0n) is 14.1. The zero-order valence-corrected chi connectivity index (χ0v) is 14.9. The van der Waals surface area contributed by atoms with Crippen molar-refractivity contribution in [2.75, 3.05) is 25.6 Å². The first-order valence-corrected chi connectivity index (χ1v) is 8.73. The van der Waals surface area contributed by atoms with Gasteiger partial charge in [-0.15, -0.1) is 11.3 Å². The topological polar surface area (TPSA) is 60.5 Å². The van der Waals surface area contributed by atoms with Crippen molar-refractivity contribution in [1.82, 2.24) is 4.98 Å². The van der Waals surface area contributed by atoms with Crippen LogP contribution in [0.4, 0.5) is 10.1 Å². The number of thiophene rings is 1. The molecule has 5 nitrogen and oxygen atoms in total. The van der Waals surface area contributed by atoms with Gasteiger partial charge in [0.2, 0.25) is 5.88 Å². The molecular formula is C19H17FN2O3S. The highest BCUT2D eigenvalue weighted by Crippen LogP contribution is 2.29. The number of pyridine rings is 1. The highest BCUT2D eigenvalue weighted by molar-refractivity contribution is 7.17. The minimum atomic E-state index is -0.291. The van der Waals surface area contributed by atoms with Crippen molar-refractivity contribution in [3.05, 3.63) is 65.4 Å². The van der Waals surface area contributed by atoms with Gasteiger partial charge in [0.05, 0.1) is 11.5 Å². The second-order valence-corrected chi connectivity index (χ2v) is 6.41. The Morgan fingerprint density at radius 3 is 2.73 bits per heavy atom. The summed E-state index contributed by atoms with van der Waals surface area (Å²) in [4.78, 5) is 18.1. The van der Waals surface area contributed by atoms with Gasteiger partial charge in [0, 0.05) is 18.2 Å². The Morgan fingerprint density at radius 1 is 1.15 bits per heavy atom. The van der Waals surface area contributed by atoms with E-state index in [0.717, 1.165) is 10.4 Å². The first kappa shape index (κ1) is 18.0. The molecule has 0 aliphatic rings. The third kappa shape index (κ3) is 4.44. The number of halogens is 1. The van der Waals surface area contributed by atoms with Crippen LogP contribution in [0.15, 0.2) is 54.7 Å². The standard InChI is InChI=1S/C19H17FN2O3S/c1-24-11-12-25-19-15(3-2-10-21-19)22-18(23)17-9-8-16(26-17)13-4-6-14(20)7-5-13/h2-10H,11-12H2,1H3,(H,22,23). The van der Waals surface area contributed by atoms with Crippen molar-refractivity contribution in [3.63, 3.8) is 0 Å². The van der Waals surface area contributed by atoms with Crippen LogP contribution in [-0.2, 0) is 4.74 Å². The molecule has 0 saturated heterocycles. The second kappa shape index (κ2) is 8.55. The van der Waals surface area contributed by atoms with E-state index >= 15 is 0 Å². The number of carbonyl (C=O) groups is 1. The minimum absolute atomic E-state index is 0.257. The first-order chi connectivity index (χ1) is 12.7. The Labute approximate surface area is 154 Å². The fourth-order valence-corrected chi connectivity index (χ4v) is 3.14. The molecule has 0 saturated carbocycles. The number of aromatic nitrogens is 1. The number of methoxy groups -OCH3 is 1. The molecule has 2 aromatic heterocycles. The van der Waals surface area contributed by atoms with E-state index in [2.05, 4.69) is 10.3 Å². The molecular weight excluding hydrogens is 355 g/mol. The molecule has 1 N–H and O–H groups in total. The Bertz CT molecular complexity index is 881. The molecule has 134 valence electrons. The fourth-order valence-electron chi connectivity index (χ4n) is 2.24. The summed E-state index contributed by atoms with van der Waals surface area (Å²) in [6, 6.07) is 13.2. The molecule has 0 aliphatic heterocycles. The van der Waals surface area contributed by atoms with Gasteiger partial charge in [-0.25, -0.2) is 9.37 Å². The highest BCUT2D eigenvalue weighted by atomic mass is 32.1. The van der Waals surface area contributed by atoms with Crippen LogP contribution in [0.2, 0.25) is 0 Å². The number of amides is 1. The molecule has 2 heterocycles. The lowest BCUT2D eigenvalue weighted by atomic mass is 10.2. The summed E-state index contributed by atoms with van der Waals surface area (Å²) in [5, 5.41) is 2.81. The molecule has 0 unspecified atom stereocenters. The maximum atomic E-state index is 13.0. The van der Waals surface area contributed by atoms with Gasteiger partial charge in [0.15, 0.2) is 0 Å². The van der Waals surface area contributed by atoms with Crippen LogP contribution in [0, 0.1) is 5.82 Å². The zero-order chi connectivity index (χ0) is 18.4. The van der Waals surface area contributed by atoms with E-state index in [0.29, 0.717) is 29.7 Å². The van der Waals surface area contributed by atoms with Crippen molar-refractivity contribution in [1.29, 1.82) is 0 Å². The molecule has 0 atom stereocenters. The third-order valence-electron chi connectivity index (χ3n) is 3.50. The number of ether oxygens (including phenoxy) is 2. The van der Waals surface area contributed by atoms with E-state index in [1.165, 1.54) is 23.5 Å². The molecule has 0 radical (unpaired) electrons. The van der Waals surface area contributed by atoms with Gasteiger partial charge in [0.25, 0.3) is 5.91 Å². The Kier molecular flexibility index (Phi) is 5.93. The van der Waals surface area contributed by atoms with Gasteiger partial charge in [-0.2, -0.15) is 0 Å². The van der Waals surface area contributed by atoms with Crippen molar-refractivity contribution in [3.8, 4) is 16.3 Å². The van der Waals surface area contributed by atoms with Crippen LogP contribution in [0.25, 0.3) is 10.4 Å². The maximum Gasteiger partial charge on any atom is 0.265 e. The number of hydrogen-bond donors (Lipinski definition) is 1. The van der Waals surface area contributed by atoms with Crippen LogP contribution < -0.4 is 10.1 Å². The average Bonchev–Trinajstić information content (AvgIpc) is 3.14. The molecule has 3 rings (SSSR count). The van der Waals surface area contributed by atoms with E-state index in [1.54, 1.807) is 43.6 Å². The molecule has 26 heavy (non-hydrogen) atoms. The monoisotopic (exact) mass is 372 g/mol. The van der Waals surface area contributed by atoms with Crippen molar-refractivity contribution >= 4 is 22.9 Å². The lowest BCUT2D eigenvalue weighted by molar-refractivity contribution is 0.102. The van der Waals surface area contributed by atoms with Crippen molar-refractivity contribution in [2.45, 2.75) is 0 Å². The maximum absolute atomic E-state index is 13.0. The van der Waals surface area contributed by atoms with Gasteiger partial charge in [-0.05, 0) is 42.0 Å². The lowest BCUT2D eigenvalue weighted by Gasteiger charge is -2.10. The van der Waals surface area contributed by atoms with Gasteiger partial charge in [-0.3, -0.25) is 4.79 Å². The van der Waals surface area contributed by atoms with Crippen LogP contribution in [0.3, 0.4) is 0 Å². The van der Waals surface area contributed by atoms with Crippen LogP contribution >= 0.6 is 11.3 Å². The number of hydrogen-bond acceptors (Lipinski definition) is 5. The van der Waals surface area contributed by atoms with Crippen LogP contribution in [-0.4, -0.2) is 31.2 Å². The Balaban J connectivity index is 1.72. The predicted molar refractivity (Wildman–Crippen MR) is 99.3 cm³/mol.